The summed E-state index contributed by atoms with van der Waals surface area (Å²) < 4.78 is 20.2. The van der Waals surface area contributed by atoms with Gasteiger partial charge in [0, 0.05) is 24.8 Å². The van der Waals surface area contributed by atoms with E-state index in [0.717, 1.165) is 25.9 Å². The Morgan fingerprint density at radius 3 is 2.65 bits per heavy atom. The Morgan fingerprint density at radius 2 is 1.88 bits per heavy atom. The van der Waals surface area contributed by atoms with Crippen LogP contribution in [0.3, 0.4) is 0 Å². The lowest BCUT2D eigenvalue weighted by atomic mass is 10.1. The van der Waals surface area contributed by atoms with Gasteiger partial charge in [0.25, 0.3) is 5.89 Å². The second kappa shape index (κ2) is 7.11. The Morgan fingerprint density at radius 1 is 1.12 bits per heavy atom. The highest BCUT2D eigenvalue weighted by Gasteiger charge is 2.19. The fraction of sp³-hybridized carbons (Fsp3) is 0.316. The van der Waals surface area contributed by atoms with Crippen molar-refractivity contribution >= 4 is 5.91 Å². The van der Waals surface area contributed by atoms with Crippen LogP contribution in [0.2, 0.25) is 0 Å². The highest BCUT2D eigenvalue weighted by atomic mass is 19.1. The number of hydrogen-bond donors (Lipinski definition) is 0. The summed E-state index contributed by atoms with van der Waals surface area (Å²) in [4.78, 5) is 18.8. The molecule has 6 nitrogen and oxygen atoms in total. The normalized spacial score (nSPS) is 14.6. The zero-order valence-electron chi connectivity index (χ0n) is 14.3. The standard InChI is InChI=1S/C19H19FN4O2/c20-15-8-6-14(7-9-15)18-21-19(26-22-18)16-5-4-12-24(16)13-17(25)23-10-2-1-3-11-23/h4-9,12H,1-3,10-11,13H2. The van der Waals surface area contributed by atoms with Crippen molar-refractivity contribution in [3.8, 4) is 23.0 Å². The number of rotatable bonds is 4. The summed E-state index contributed by atoms with van der Waals surface area (Å²) in [6.45, 7) is 1.89. The van der Waals surface area contributed by atoms with Crippen LogP contribution in [-0.2, 0) is 11.3 Å². The molecular weight excluding hydrogens is 335 g/mol. The largest absolute Gasteiger partial charge is 0.341 e. The molecule has 1 aliphatic rings. The summed E-state index contributed by atoms with van der Waals surface area (Å²) in [7, 11) is 0. The first-order valence-electron chi connectivity index (χ1n) is 8.73. The van der Waals surface area contributed by atoms with E-state index in [4.69, 9.17) is 4.52 Å². The van der Waals surface area contributed by atoms with Gasteiger partial charge in [-0.3, -0.25) is 4.79 Å². The van der Waals surface area contributed by atoms with Gasteiger partial charge in [-0.25, -0.2) is 4.39 Å². The van der Waals surface area contributed by atoms with Crippen LogP contribution >= 0.6 is 0 Å². The summed E-state index contributed by atoms with van der Waals surface area (Å²) in [5, 5.41) is 3.96. The van der Waals surface area contributed by atoms with E-state index in [1.54, 1.807) is 12.1 Å². The molecule has 0 bridgehead atoms. The Kier molecular flexibility index (Phi) is 4.51. The van der Waals surface area contributed by atoms with Crippen LogP contribution < -0.4 is 0 Å². The monoisotopic (exact) mass is 354 g/mol. The third-order valence-electron chi connectivity index (χ3n) is 4.59. The predicted molar refractivity (Wildman–Crippen MR) is 93.5 cm³/mol. The lowest BCUT2D eigenvalue weighted by molar-refractivity contribution is -0.132. The molecule has 0 N–H and O–H groups in total. The van der Waals surface area contributed by atoms with Crippen molar-refractivity contribution in [2.75, 3.05) is 13.1 Å². The zero-order valence-corrected chi connectivity index (χ0v) is 14.3. The second-order valence-corrected chi connectivity index (χ2v) is 6.39. The van der Waals surface area contributed by atoms with Gasteiger partial charge in [0.15, 0.2) is 0 Å². The summed E-state index contributed by atoms with van der Waals surface area (Å²) in [6, 6.07) is 9.59. The van der Waals surface area contributed by atoms with E-state index in [-0.39, 0.29) is 18.3 Å². The third-order valence-corrected chi connectivity index (χ3v) is 4.59. The van der Waals surface area contributed by atoms with Gasteiger partial charge in [-0.2, -0.15) is 4.98 Å². The molecule has 7 heteroatoms. The van der Waals surface area contributed by atoms with Gasteiger partial charge in [-0.15, -0.1) is 0 Å². The smallest absolute Gasteiger partial charge is 0.274 e. The van der Waals surface area contributed by atoms with Gasteiger partial charge < -0.3 is 14.0 Å². The van der Waals surface area contributed by atoms with Crippen LogP contribution in [0, 0.1) is 5.82 Å². The molecule has 0 unspecified atom stereocenters. The van der Waals surface area contributed by atoms with Crippen LogP contribution in [0.15, 0.2) is 47.1 Å². The molecule has 3 heterocycles. The molecule has 3 aromatic rings. The molecule has 1 fully saturated rings. The maximum atomic E-state index is 13.1. The molecule has 0 spiro atoms. The van der Waals surface area contributed by atoms with E-state index in [1.807, 2.05) is 27.8 Å². The minimum Gasteiger partial charge on any atom is -0.341 e. The molecule has 0 aliphatic carbocycles. The fourth-order valence-corrected chi connectivity index (χ4v) is 3.18. The average Bonchev–Trinajstić information content (AvgIpc) is 3.32. The van der Waals surface area contributed by atoms with Crippen LogP contribution in [0.5, 0.6) is 0 Å². The lowest BCUT2D eigenvalue weighted by Gasteiger charge is -2.27. The zero-order chi connectivity index (χ0) is 17.9. The molecule has 2 aromatic heterocycles. The number of amides is 1. The van der Waals surface area contributed by atoms with Crippen molar-refractivity contribution < 1.29 is 13.7 Å². The molecular formula is C19H19FN4O2. The average molecular weight is 354 g/mol. The summed E-state index contributed by atoms with van der Waals surface area (Å²) in [5.74, 6) is 0.499. The van der Waals surface area contributed by atoms with Crippen LogP contribution in [-0.4, -0.2) is 38.6 Å². The Hall–Kier alpha value is -2.96. The molecule has 0 atom stereocenters. The number of nitrogens with zero attached hydrogens (tertiary/aromatic N) is 4. The van der Waals surface area contributed by atoms with Crippen molar-refractivity contribution in [3.05, 3.63) is 48.4 Å². The molecule has 1 aromatic carbocycles. The van der Waals surface area contributed by atoms with Gasteiger partial charge in [0.1, 0.15) is 18.1 Å². The van der Waals surface area contributed by atoms with Gasteiger partial charge in [0.05, 0.1) is 0 Å². The molecule has 4 rings (SSSR count). The first-order valence-corrected chi connectivity index (χ1v) is 8.73. The number of aromatic nitrogens is 3. The minimum atomic E-state index is -0.317. The minimum absolute atomic E-state index is 0.0976. The Bertz CT molecular complexity index is 894. The summed E-state index contributed by atoms with van der Waals surface area (Å²) in [6.07, 6.45) is 5.15. The van der Waals surface area contributed by atoms with Gasteiger partial charge >= 0.3 is 0 Å². The van der Waals surface area contributed by atoms with Crippen molar-refractivity contribution in [1.82, 2.24) is 19.6 Å². The van der Waals surface area contributed by atoms with E-state index in [2.05, 4.69) is 10.1 Å². The quantitative estimate of drug-likeness (QED) is 0.721. The highest BCUT2D eigenvalue weighted by molar-refractivity contribution is 5.76. The number of carbonyl (C=O) groups excluding carboxylic acids is 1. The van der Waals surface area contributed by atoms with Gasteiger partial charge in [-0.05, 0) is 55.7 Å². The summed E-state index contributed by atoms with van der Waals surface area (Å²) >= 11 is 0. The number of piperidine rings is 1. The molecule has 0 radical (unpaired) electrons. The van der Waals surface area contributed by atoms with E-state index in [9.17, 15) is 9.18 Å². The first-order chi connectivity index (χ1) is 12.7. The summed E-state index contributed by atoms with van der Waals surface area (Å²) in [5.41, 5.74) is 1.36. The van der Waals surface area contributed by atoms with E-state index in [1.165, 1.54) is 18.6 Å². The van der Waals surface area contributed by atoms with Crippen LogP contribution in [0.1, 0.15) is 19.3 Å². The topological polar surface area (TPSA) is 64.2 Å². The molecule has 26 heavy (non-hydrogen) atoms. The number of halogens is 1. The van der Waals surface area contributed by atoms with Gasteiger partial charge in [-0.1, -0.05) is 5.16 Å². The molecule has 0 saturated carbocycles. The van der Waals surface area contributed by atoms with Crippen molar-refractivity contribution in [3.63, 3.8) is 0 Å². The Balaban J connectivity index is 1.53. The number of benzene rings is 1. The number of carbonyl (C=O) groups is 1. The number of likely N-dealkylation sites (tertiary alicyclic amines) is 1. The lowest BCUT2D eigenvalue weighted by Crippen LogP contribution is -2.37. The van der Waals surface area contributed by atoms with Crippen molar-refractivity contribution in [1.29, 1.82) is 0 Å². The third kappa shape index (κ3) is 3.37. The van der Waals surface area contributed by atoms with E-state index < -0.39 is 0 Å². The van der Waals surface area contributed by atoms with Gasteiger partial charge in [0.2, 0.25) is 11.7 Å². The maximum absolute atomic E-state index is 13.1. The Labute approximate surface area is 150 Å². The molecule has 134 valence electrons. The second-order valence-electron chi connectivity index (χ2n) is 6.39. The molecule has 1 saturated heterocycles. The maximum Gasteiger partial charge on any atom is 0.274 e. The van der Waals surface area contributed by atoms with Crippen LogP contribution in [0.4, 0.5) is 4.39 Å². The predicted octanol–water partition coefficient (Wildman–Crippen LogP) is 3.36. The van der Waals surface area contributed by atoms with E-state index in [0.29, 0.717) is 23.0 Å². The van der Waals surface area contributed by atoms with E-state index >= 15 is 0 Å². The fourth-order valence-electron chi connectivity index (χ4n) is 3.18. The van der Waals surface area contributed by atoms with Crippen molar-refractivity contribution in [2.45, 2.75) is 25.8 Å². The highest BCUT2D eigenvalue weighted by Crippen LogP contribution is 2.23. The SMILES string of the molecule is O=C(Cn1cccc1-c1nc(-c2ccc(F)cc2)no1)N1CCCCC1. The first kappa shape index (κ1) is 16.5. The number of hydrogen-bond acceptors (Lipinski definition) is 4. The molecule has 1 aliphatic heterocycles. The van der Waals surface area contributed by atoms with Crippen LogP contribution in [0.25, 0.3) is 23.0 Å². The molecule has 1 amide bonds. The van der Waals surface area contributed by atoms with Crippen molar-refractivity contribution in [2.24, 2.45) is 0 Å².